The highest BCUT2D eigenvalue weighted by molar-refractivity contribution is 5.76. The number of carbonyl (C=O) groups excluding carboxylic acids is 1. The number of ether oxygens (including phenoxy) is 3. The third-order valence-corrected chi connectivity index (χ3v) is 7.74. The molecular weight excluding hydrogens is 342 g/mol. The lowest BCUT2D eigenvalue weighted by Crippen LogP contribution is -3.14. The minimum Gasteiger partial charge on any atom is -0.461 e. The van der Waals surface area contributed by atoms with Gasteiger partial charge in [-0.15, -0.1) is 0 Å². The van der Waals surface area contributed by atoms with Crippen molar-refractivity contribution in [3.05, 3.63) is 23.3 Å². The van der Waals surface area contributed by atoms with Gasteiger partial charge in [0, 0.05) is 5.92 Å². The summed E-state index contributed by atoms with van der Waals surface area (Å²) in [7, 11) is 0. The lowest BCUT2D eigenvalue weighted by atomic mass is 9.62. The summed E-state index contributed by atoms with van der Waals surface area (Å²) in [5, 5.41) is 0. The summed E-state index contributed by atoms with van der Waals surface area (Å²) in [5.41, 5.74) is 3.05. The Bertz CT molecular complexity index is 682. The Labute approximate surface area is 161 Å². The zero-order valence-electron chi connectivity index (χ0n) is 16.6. The molecule has 0 bridgehead atoms. The van der Waals surface area contributed by atoms with E-state index in [2.05, 4.69) is 26.0 Å². The monoisotopic (exact) mass is 374 g/mol. The Kier molecular flexibility index (Phi) is 4.26. The van der Waals surface area contributed by atoms with Gasteiger partial charge in [0.1, 0.15) is 12.0 Å². The number of hydrogen-bond acceptors (Lipinski definition) is 4. The van der Waals surface area contributed by atoms with Crippen LogP contribution in [0.2, 0.25) is 0 Å². The largest absolute Gasteiger partial charge is 0.461 e. The molecule has 0 radical (unpaired) electrons. The summed E-state index contributed by atoms with van der Waals surface area (Å²) >= 11 is 0. The summed E-state index contributed by atoms with van der Waals surface area (Å²) in [6.07, 6.45) is 9.98. The fourth-order valence-electron chi connectivity index (χ4n) is 6.15. The van der Waals surface area contributed by atoms with E-state index >= 15 is 0 Å². The molecule has 0 unspecified atom stereocenters. The van der Waals surface area contributed by atoms with Crippen LogP contribution in [0.4, 0.5) is 0 Å². The average Bonchev–Trinajstić information content (AvgIpc) is 3.20. The number of fused-ring (bicyclic) bond motifs is 2. The third kappa shape index (κ3) is 2.99. The van der Waals surface area contributed by atoms with E-state index in [9.17, 15) is 4.79 Å². The predicted octanol–water partition coefficient (Wildman–Crippen LogP) is 1.64. The maximum Gasteiger partial charge on any atom is 0.315 e. The summed E-state index contributed by atoms with van der Waals surface area (Å²) in [5.74, 6) is -0.0755. The fourth-order valence-corrected chi connectivity index (χ4v) is 6.15. The minimum atomic E-state index is -0.332. The molecule has 27 heavy (non-hydrogen) atoms. The van der Waals surface area contributed by atoms with Gasteiger partial charge in [0.2, 0.25) is 0 Å². The number of quaternary nitrogens is 1. The van der Waals surface area contributed by atoms with Crippen LogP contribution in [0.15, 0.2) is 23.3 Å². The van der Waals surface area contributed by atoms with Crippen molar-refractivity contribution >= 4 is 5.97 Å². The molecule has 1 spiro atoms. The second-order valence-electron chi connectivity index (χ2n) is 9.49. The van der Waals surface area contributed by atoms with Gasteiger partial charge in [-0.25, -0.2) is 0 Å². The number of esters is 1. The van der Waals surface area contributed by atoms with Crippen molar-refractivity contribution in [2.45, 2.75) is 57.8 Å². The molecule has 3 heterocycles. The van der Waals surface area contributed by atoms with Crippen molar-refractivity contribution in [1.29, 1.82) is 0 Å². The Morgan fingerprint density at radius 2 is 1.93 bits per heavy atom. The van der Waals surface area contributed by atoms with Gasteiger partial charge < -0.3 is 19.1 Å². The summed E-state index contributed by atoms with van der Waals surface area (Å²) in [4.78, 5) is 14.2. The zero-order valence-corrected chi connectivity index (χ0v) is 16.6. The molecule has 148 valence electrons. The molecule has 3 aliphatic heterocycles. The molecule has 0 aromatic rings. The fraction of sp³-hybridized carbons (Fsp3) is 0.773. The lowest BCUT2D eigenvalue weighted by molar-refractivity contribution is -0.911. The third-order valence-electron chi connectivity index (χ3n) is 7.74. The molecule has 3 saturated heterocycles. The maximum absolute atomic E-state index is 12.7. The average molecular weight is 375 g/mol. The van der Waals surface area contributed by atoms with Crippen LogP contribution in [0.3, 0.4) is 0 Å². The van der Waals surface area contributed by atoms with Crippen molar-refractivity contribution in [1.82, 2.24) is 0 Å². The topological polar surface area (TPSA) is 49.2 Å². The Morgan fingerprint density at radius 3 is 2.67 bits per heavy atom. The van der Waals surface area contributed by atoms with E-state index in [1.807, 2.05) is 0 Å². The van der Waals surface area contributed by atoms with Crippen LogP contribution in [0.25, 0.3) is 0 Å². The molecule has 1 N–H and O–H groups in total. The quantitative estimate of drug-likeness (QED) is 0.747. The van der Waals surface area contributed by atoms with E-state index in [0.29, 0.717) is 13.2 Å². The smallest absolute Gasteiger partial charge is 0.315 e. The van der Waals surface area contributed by atoms with Crippen molar-refractivity contribution in [3.63, 3.8) is 0 Å². The first-order valence-corrected chi connectivity index (χ1v) is 10.7. The van der Waals surface area contributed by atoms with Gasteiger partial charge in [0.05, 0.1) is 45.7 Å². The molecule has 2 aliphatic carbocycles. The molecule has 0 amide bonds. The highest BCUT2D eigenvalue weighted by Gasteiger charge is 2.52. The molecule has 5 rings (SSSR count). The summed E-state index contributed by atoms with van der Waals surface area (Å²) in [6, 6.07) is 0. The van der Waals surface area contributed by atoms with Crippen LogP contribution in [0.1, 0.15) is 46.0 Å². The molecule has 5 aliphatic rings. The van der Waals surface area contributed by atoms with Crippen LogP contribution in [-0.4, -0.2) is 50.7 Å². The minimum absolute atomic E-state index is 0.00348. The summed E-state index contributed by atoms with van der Waals surface area (Å²) in [6.45, 7) is 8.90. The SMILES string of the molecule is CC1=CCC[C@]2(C)C[C@H]3OC(=O)[C@H](C[NH+]4CCC5(CC4)OCCO5)[C@H]3C=C12. The van der Waals surface area contributed by atoms with E-state index in [1.165, 1.54) is 22.5 Å². The molecule has 5 heteroatoms. The van der Waals surface area contributed by atoms with Crippen molar-refractivity contribution in [2.24, 2.45) is 17.3 Å². The summed E-state index contributed by atoms with van der Waals surface area (Å²) < 4.78 is 17.6. The first-order chi connectivity index (χ1) is 13.0. The molecular formula is C22H32NO4+. The molecule has 0 saturated carbocycles. The van der Waals surface area contributed by atoms with Crippen LogP contribution in [-0.2, 0) is 19.0 Å². The van der Waals surface area contributed by atoms with E-state index in [-0.39, 0.29) is 35.1 Å². The Balaban J connectivity index is 1.31. The number of allylic oxidation sites excluding steroid dienone is 3. The van der Waals surface area contributed by atoms with E-state index in [0.717, 1.165) is 45.3 Å². The van der Waals surface area contributed by atoms with Gasteiger partial charge in [-0.05, 0) is 37.2 Å². The van der Waals surface area contributed by atoms with Crippen LogP contribution < -0.4 is 4.90 Å². The van der Waals surface area contributed by atoms with E-state index in [4.69, 9.17) is 14.2 Å². The lowest BCUT2D eigenvalue weighted by Gasteiger charge is -2.43. The van der Waals surface area contributed by atoms with Crippen molar-refractivity contribution < 1.29 is 23.9 Å². The van der Waals surface area contributed by atoms with Crippen LogP contribution in [0.5, 0.6) is 0 Å². The van der Waals surface area contributed by atoms with Crippen molar-refractivity contribution in [3.8, 4) is 0 Å². The second-order valence-corrected chi connectivity index (χ2v) is 9.49. The molecule has 5 nitrogen and oxygen atoms in total. The van der Waals surface area contributed by atoms with Gasteiger partial charge in [0.25, 0.3) is 0 Å². The van der Waals surface area contributed by atoms with Gasteiger partial charge >= 0.3 is 5.97 Å². The first-order valence-electron chi connectivity index (χ1n) is 10.7. The number of hydrogen-bond donors (Lipinski definition) is 1. The Morgan fingerprint density at radius 1 is 1.19 bits per heavy atom. The Hall–Kier alpha value is -1.17. The number of likely N-dealkylation sites (tertiary alicyclic amines) is 1. The highest BCUT2D eigenvalue weighted by Crippen LogP contribution is 2.52. The van der Waals surface area contributed by atoms with Crippen molar-refractivity contribution in [2.75, 3.05) is 32.8 Å². The number of rotatable bonds is 2. The predicted molar refractivity (Wildman–Crippen MR) is 100 cm³/mol. The normalized spacial score (nSPS) is 41.0. The van der Waals surface area contributed by atoms with E-state index < -0.39 is 0 Å². The number of carbonyl (C=O) groups is 1. The molecule has 0 aromatic heterocycles. The van der Waals surface area contributed by atoms with Gasteiger partial charge in [-0.1, -0.05) is 24.6 Å². The number of piperidine rings is 1. The highest BCUT2D eigenvalue weighted by atomic mass is 16.7. The van der Waals surface area contributed by atoms with Crippen LogP contribution in [0, 0.1) is 17.3 Å². The zero-order chi connectivity index (χ0) is 18.6. The van der Waals surface area contributed by atoms with Gasteiger partial charge in [-0.3, -0.25) is 4.79 Å². The van der Waals surface area contributed by atoms with E-state index in [1.54, 1.807) is 0 Å². The first kappa shape index (κ1) is 17.9. The second kappa shape index (κ2) is 6.43. The maximum atomic E-state index is 12.7. The van der Waals surface area contributed by atoms with Gasteiger partial charge in [-0.2, -0.15) is 0 Å². The van der Waals surface area contributed by atoms with Crippen LogP contribution >= 0.6 is 0 Å². The molecule has 0 aromatic carbocycles. The standard InChI is InChI=1S/C22H31NO4/c1-15-4-3-5-21(2)13-19-16(12-18(15)21)17(20(24)27-19)14-23-8-6-22(7-9-23)25-10-11-26-22/h4,12,16-17,19H,3,5-11,13-14H2,1-2H3/p+1/t16-,17-,19-,21-/m1/s1. The molecule has 4 atom stereocenters. The van der Waals surface area contributed by atoms with Gasteiger partial charge in [0.15, 0.2) is 5.79 Å². The molecule has 3 fully saturated rings. The number of nitrogens with one attached hydrogen (secondary N) is 1.